The summed E-state index contributed by atoms with van der Waals surface area (Å²) in [5.41, 5.74) is -0.428. The van der Waals surface area contributed by atoms with Crippen LogP contribution in [0.4, 0.5) is 0 Å². The molecule has 0 amide bonds. The van der Waals surface area contributed by atoms with Gasteiger partial charge in [-0.15, -0.1) is 0 Å². The van der Waals surface area contributed by atoms with Crippen LogP contribution in [0.15, 0.2) is 18.5 Å². The fourth-order valence-corrected chi connectivity index (χ4v) is 7.81. The molecule has 5 rings (SSSR count). The van der Waals surface area contributed by atoms with Crippen LogP contribution in [0.5, 0.6) is 0 Å². The van der Waals surface area contributed by atoms with Gasteiger partial charge in [0.25, 0.3) is 0 Å². The molecule has 0 radical (unpaired) electrons. The summed E-state index contributed by atoms with van der Waals surface area (Å²) in [6.07, 6.45) is 14.4. The molecule has 1 N–H and O–H groups in total. The first-order valence-corrected chi connectivity index (χ1v) is 11.2. The van der Waals surface area contributed by atoms with E-state index < -0.39 is 5.60 Å². The lowest BCUT2D eigenvalue weighted by molar-refractivity contribution is -0.127. The number of ketones is 1. The lowest BCUT2D eigenvalue weighted by Crippen LogP contribution is -2.48. The van der Waals surface area contributed by atoms with Crippen LogP contribution in [0.25, 0.3) is 0 Å². The Kier molecular flexibility index (Phi) is 4.46. The summed E-state index contributed by atoms with van der Waals surface area (Å²) in [6, 6.07) is 1.90. The van der Waals surface area contributed by atoms with E-state index in [-0.39, 0.29) is 5.92 Å². The fourth-order valence-electron chi connectivity index (χ4n) is 7.81. The molecule has 4 saturated carbocycles. The third kappa shape index (κ3) is 3.18. The van der Waals surface area contributed by atoms with Crippen LogP contribution in [-0.2, 0) is 11.3 Å². The molecule has 4 nitrogen and oxygen atoms in total. The molecule has 148 valence electrons. The molecule has 1 aromatic heterocycles. The van der Waals surface area contributed by atoms with Gasteiger partial charge in [-0.2, -0.15) is 5.10 Å². The molecule has 0 bridgehead atoms. The molecule has 27 heavy (non-hydrogen) atoms. The maximum Gasteiger partial charge on any atom is 0.157 e. The van der Waals surface area contributed by atoms with Crippen molar-refractivity contribution in [2.75, 3.05) is 0 Å². The van der Waals surface area contributed by atoms with E-state index >= 15 is 0 Å². The molecular formula is C23H34N2O2. The molecule has 1 heterocycles. The molecule has 3 unspecified atom stereocenters. The number of rotatable bonds is 3. The Morgan fingerprint density at radius 2 is 1.74 bits per heavy atom. The Morgan fingerprint density at radius 3 is 2.56 bits per heavy atom. The van der Waals surface area contributed by atoms with Crippen molar-refractivity contribution in [3.05, 3.63) is 18.5 Å². The first-order chi connectivity index (χ1) is 13.0. The Balaban J connectivity index is 1.27. The van der Waals surface area contributed by atoms with E-state index in [0.717, 1.165) is 48.9 Å². The van der Waals surface area contributed by atoms with Gasteiger partial charge in [0.15, 0.2) is 5.78 Å². The number of hydrogen-bond donors (Lipinski definition) is 1. The number of carbonyl (C=O) groups is 1. The molecule has 4 aliphatic rings. The summed E-state index contributed by atoms with van der Waals surface area (Å²) >= 11 is 0. The summed E-state index contributed by atoms with van der Waals surface area (Å²) in [6.45, 7) is 2.49. The van der Waals surface area contributed by atoms with Gasteiger partial charge in [-0.3, -0.25) is 9.48 Å². The van der Waals surface area contributed by atoms with Crippen molar-refractivity contribution in [2.45, 2.75) is 76.9 Å². The highest BCUT2D eigenvalue weighted by molar-refractivity contribution is 5.81. The quantitative estimate of drug-likeness (QED) is 0.872. The van der Waals surface area contributed by atoms with E-state index in [2.05, 4.69) is 5.10 Å². The topological polar surface area (TPSA) is 55.1 Å². The van der Waals surface area contributed by atoms with Crippen LogP contribution in [0.2, 0.25) is 0 Å². The largest absolute Gasteiger partial charge is 0.390 e. The van der Waals surface area contributed by atoms with Gasteiger partial charge in [-0.1, -0.05) is 0 Å². The Labute approximate surface area is 162 Å². The van der Waals surface area contributed by atoms with E-state index in [1.54, 1.807) is 10.9 Å². The van der Waals surface area contributed by atoms with Crippen molar-refractivity contribution in [3.8, 4) is 0 Å². The SMILES string of the molecule is C[C@@]1(O)CC[C@@H]2C3CC[C@H]4C(CC[C@@H]4C(=O)Cn4cccn4)C3CC[C@@H]2C1. The third-order valence-electron chi connectivity index (χ3n) is 8.85. The van der Waals surface area contributed by atoms with Gasteiger partial charge in [0.1, 0.15) is 0 Å². The number of aromatic nitrogens is 2. The predicted octanol–water partition coefficient (Wildman–Crippen LogP) is 4.08. The molecule has 0 saturated heterocycles. The molecular weight excluding hydrogens is 336 g/mol. The van der Waals surface area contributed by atoms with Crippen molar-refractivity contribution in [2.24, 2.45) is 41.4 Å². The molecule has 8 atom stereocenters. The number of aliphatic hydroxyl groups is 1. The van der Waals surface area contributed by atoms with Gasteiger partial charge in [-0.25, -0.2) is 0 Å². The lowest BCUT2D eigenvalue weighted by atomic mass is 9.52. The van der Waals surface area contributed by atoms with E-state index in [1.165, 1.54) is 38.5 Å². The molecule has 0 aromatic carbocycles. The number of nitrogens with zero attached hydrogens (tertiary/aromatic N) is 2. The highest BCUT2D eigenvalue weighted by Crippen LogP contribution is 2.59. The Bertz CT molecular complexity index is 683. The maximum atomic E-state index is 12.9. The van der Waals surface area contributed by atoms with Gasteiger partial charge < -0.3 is 5.11 Å². The van der Waals surface area contributed by atoms with Crippen molar-refractivity contribution >= 4 is 5.78 Å². The number of hydrogen-bond acceptors (Lipinski definition) is 3. The Hall–Kier alpha value is -1.16. The normalized spacial score (nSPS) is 46.4. The highest BCUT2D eigenvalue weighted by atomic mass is 16.3. The van der Waals surface area contributed by atoms with Crippen LogP contribution in [0.1, 0.15) is 64.7 Å². The van der Waals surface area contributed by atoms with Crippen LogP contribution < -0.4 is 0 Å². The van der Waals surface area contributed by atoms with Gasteiger partial charge in [0, 0.05) is 18.3 Å². The zero-order valence-corrected chi connectivity index (χ0v) is 16.6. The molecule has 1 aromatic rings. The highest BCUT2D eigenvalue weighted by Gasteiger charge is 2.53. The first-order valence-electron chi connectivity index (χ1n) is 11.2. The average Bonchev–Trinajstić information content (AvgIpc) is 3.29. The molecule has 0 aliphatic heterocycles. The number of Topliss-reactive ketones (excluding diaryl/α,β-unsaturated/α-hetero) is 1. The van der Waals surface area contributed by atoms with Gasteiger partial charge in [-0.05, 0) is 106 Å². The van der Waals surface area contributed by atoms with Crippen molar-refractivity contribution < 1.29 is 9.90 Å². The van der Waals surface area contributed by atoms with Gasteiger partial charge >= 0.3 is 0 Å². The maximum absolute atomic E-state index is 12.9. The Morgan fingerprint density at radius 1 is 1.04 bits per heavy atom. The summed E-state index contributed by atoms with van der Waals surface area (Å²) in [5, 5.41) is 14.7. The van der Waals surface area contributed by atoms with Gasteiger partial charge in [0.2, 0.25) is 0 Å². The lowest BCUT2D eigenvalue weighted by Gasteiger charge is -2.54. The van der Waals surface area contributed by atoms with Crippen molar-refractivity contribution in [1.29, 1.82) is 0 Å². The van der Waals surface area contributed by atoms with E-state index in [1.807, 2.05) is 19.2 Å². The van der Waals surface area contributed by atoms with Crippen LogP contribution in [0.3, 0.4) is 0 Å². The number of carbonyl (C=O) groups excluding carboxylic acids is 1. The zero-order chi connectivity index (χ0) is 18.6. The van der Waals surface area contributed by atoms with Gasteiger partial charge in [0.05, 0.1) is 12.1 Å². The van der Waals surface area contributed by atoms with Crippen molar-refractivity contribution in [3.63, 3.8) is 0 Å². The van der Waals surface area contributed by atoms with E-state index in [0.29, 0.717) is 18.2 Å². The van der Waals surface area contributed by atoms with Crippen LogP contribution >= 0.6 is 0 Å². The van der Waals surface area contributed by atoms with E-state index in [9.17, 15) is 9.90 Å². The summed E-state index contributed by atoms with van der Waals surface area (Å²) in [7, 11) is 0. The third-order valence-corrected chi connectivity index (χ3v) is 8.85. The standard InChI is InChI=1S/C23H34N2O2/c1-23(27)10-9-16-15(13-23)3-4-18-17(16)5-6-20-19(18)7-8-21(20)22(26)14-25-12-2-11-24-25/h2,11-12,15-21,27H,3-10,13-14H2,1H3/t15-,16+,17?,18?,19?,20+,21+,23-/m1/s1. The first kappa shape index (κ1) is 17.9. The molecule has 0 spiro atoms. The summed E-state index contributed by atoms with van der Waals surface area (Å²) < 4.78 is 1.79. The average molecular weight is 371 g/mol. The smallest absolute Gasteiger partial charge is 0.157 e. The second kappa shape index (κ2) is 6.72. The fraction of sp³-hybridized carbons (Fsp3) is 0.826. The minimum atomic E-state index is -0.428. The second-order valence-electron chi connectivity index (χ2n) is 10.3. The molecule has 4 heteroatoms. The summed E-state index contributed by atoms with van der Waals surface area (Å²) in [5.74, 6) is 5.36. The predicted molar refractivity (Wildman–Crippen MR) is 104 cm³/mol. The van der Waals surface area contributed by atoms with Crippen LogP contribution in [-0.4, -0.2) is 26.3 Å². The molecule has 4 aliphatic carbocycles. The van der Waals surface area contributed by atoms with Crippen molar-refractivity contribution in [1.82, 2.24) is 9.78 Å². The monoisotopic (exact) mass is 370 g/mol. The van der Waals surface area contributed by atoms with Crippen LogP contribution in [0, 0.1) is 41.4 Å². The minimum Gasteiger partial charge on any atom is -0.390 e. The zero-order valence-electron chi connectivity index (χ0n) is 16.6. The molecule has 4 fully saturated rings. The number of fused-ring (bicyclic) bond motifs is 5. The second-order valence-corrected chi connectivity index (χ2v) is 10.3. The van der Waals surface area contributed by atoms with E-state index in [4.69, 9.17) is 0 Å². The minimum absolute atomic E-state index is 0.268. The summed E-state index contributed by atoms with van der Waals surface area (Å²) in [4.78, 5) is 12.9.